The molecular weight excluding hydrogens is 1100 g/mol. The summed E-state index contributed by atoms with van der Waals surface area (Å²) in [6.45, 7) is 3.46. The molecule has 3 N–H and O–H groups in total. The second-order valence-electron chi connectivity index (χ2n) is 21.6. The summed E-state index contributed by atoms with van der Waals surface area (Å²) in [5.74, 6) is -0.872. The second-order valence-corrected chi connectivity index (χ2v) is 23.0. The van der Waals surface area contributed by atoms with E-state index >= 15 is 0 Å². The molecule has 10 heteroatoms. The van der Waals surface area contributed by atoms with Gasteiger partial charge in [-0.15, -0.1) is 0 Å². The van der Waals surface area contributed by atoms with Gasteiger partial charge in [-0.2, -0.15) is 0 Å². The predicted octanol–water partition coefficient (Wildman–Crippen LogP) is 22.5. The number of phosphoric acid groups is 1. The van der Waals surface area contributed by atoms with Crippen LogP contribution in [-0.4, -0.2) is 49.3 Å². The molecule has 0 aliphatic heterocycles. The van der Waals surface area contributed by atoms with Gasteiger partial charge in [-0.3, -0.25) is 18.6 Å². The third-order valence-electron chi connectivity index (χ3n) is 13.5. The van der Waals surface area contributed by atoms with Crippen LogP contribution in [0, 0.1) is 0 Å². The summed E-state index contributed by atoms with van der Waals surface area (Å²) in [5.41, 5.74) is 5.40. The number of rotatable bonds is 61. The summed E-state index contributed by atoms with van der Waals surface area (Å²) >= 11 is 0. The van der Waals surface area contributed by atoms with Crippen molar-refractivity contribution in [1.82, 2.24) is 0 Å². The largest absolute Gasteiger partial charge is 0.472 e. The lowest BCUT2D eigenvalue weighted by molar-refractivity contribution is -0.161. The van der Waals surface area contributed by atoms with Crippen molar-refractivity contribution in [3.8, 4) is 0 Å². The maximum absolute atomic E-state index is 12.8. The van der Waals surface area contributed by atoms with Crippen molar-refractivity contribution in [1.29, 1.82) is 0 Å². The first-order chi connectivity index (χ1) is 42.8. The third-order valence-corrected chi connectivity index (χ3v) is 14.5. The number of hydrogen-bond donors (Lipinski definition) is 2. The van der Waals surface area contributed by atoms with E-state index in [1.165, 1.54) is 57.8 Å². The summed E-state index contributed by atoms with van der Waals surface area (Å²) in [7, 11) is -4.42. The van der Waals surface area contributed by atoms with Crippen molar-refractivity contribution in [2.45, 2.75) is 251 Å². The predicted molar refractivity (Wildman–Crippen MR) is 375 cm³/mol. The lowest BCUT2D eigenvalue weighted by Gasteiger charge is -2.19. The topological polar surface area (TPSA) is 134 Å². The van der Waals surface area contributed by atoms with Gasteiger partial charge in [0.25, 0.3) is 0 Å². The van der Waals surface area contributed by atoms with Crippen molar-refractivity contribution >= 4 is 19.8 Å². The molecule has 0 amide bonds. The molecule has 0 rings (SSSR count). The van der Waals surface area contributed by atoms with E-state index in [0.29, 0.717) is 12.8 Å². The van der Waals surface area contributed by atoms with Crippen LogP contribution in [0.25, 0.3) is 0 Å². The molecule has 0 aromatic carbocycles. The number of hydrogen-bond acceptors (Lipinski definition) is 8. The van der Waals surface area contributed by atoms with Crippen LogP contribution in [-0.2, 0) is 32.7 Å². The quantitative estimate of drug-likeness (QED) is 0.0264. The lowest BCUT2D eigenvalue weighted by atomic mass is 10.0. The Balaban J connectivity index is 4.05. The molecule has 0 bridgehead atoms. The molecule has 0 aliphatic rings. The maximum atomic E-state index is 12.8. The summed E-state index contributed by atoms with van der Waals surface area (Å²) in [6.07, 6.45) is 106. The molecule has 0 aromatic rings. The number of nitrogens with two attached hydrogens (primary N) is 1. The average Bonchev–Trinajstić information content (AvgIpc) is 3.64. The number of unbranched alkanes of at least 4 members (excludes halogenated alkanes) is 16. The SMILES string of the molecule is CC/C=C\C/C=C\C/C=C\C/C=C\C/C=C\C/C=C\C/C=C\C/C=C\C/C=C\C/C=C\CCCCCCC(=O)OC(COC(=O)CCCCCCCCCCCCCC/C=C\C/C=C\C/C=C\C/C=C\C/C=C\C/C=C\CC)COP(=O)(O)OCCN. The highest BCUT2D eigenvalue weighted by atomic mass is 31.2. The molecule has 0 aromatic heterocycles. The molecule has 0 fully saturated rings. The normalized spacial score (nSPS) is 14.2. The zero-order valence-electron chi connectivity index (χ0n) is 54.7. The van der Waals surface area contributed by atoms with Gasteiger partial charge >= 0.3 is 19.8 Å². The van der Waals surface area contributed by atoms with E-state index in [0.717, 1.165) is 148 Å². The third kappa shape index (κ3) is 69.8. The number of esters is 2. The Morgan fingerprint density at radius 3 is 0.885 bits per heavy atom. The Morgan fingerprint density at radius 1 is 0.345 bits per heavy atom. The van der Waals surface area contributed by atoms with Crippen LogP contribution in [0.15, 0.2) is 194 Å². The minimum Gasteiger partial charge on any atom is -0.462 e. The Hall–Kier alpha value is -5.15. The minimum absolute atomic E-state index is 0.0382. The van der Waals surface area contributed by atoms with Crippen molar-refractivity contribution < 1.29 is 37.6 Å². The summed E-state index contributed by atoms with van der Waals surface area (Å²) in [4.78, 5) is 35.3. The fourth-order valence-electron chi connectivity index (χ4n) is 8.55. The highest BCUT2D eigenvalue weighted by Gasteiger charge is 2.26. The number of allylic oxidation sites excluding steroid dienone is 32. The van der Waals surface area contributed by atoms with Crippen LogP contribution in [0.1, 0.15) is 245 Å². The first-order valence-electron chi connectivity index (χ1n) is 33.9. The molecule has 488 valence electrons. The van der Waals surface area contributed by atoms with Gasteiger partial charge in [0.2, 0.25) is 0 Å². The van der Waals surface area contributed by atoms with Gasteiger partial charge in [0.1, 0.15) is 6.61 Å². The van der Waals surface area contributed by atoms with Crippen molar-refractivity contribution in [2.24, 2.45) is 5.73 Å². The van der Waals surface area contributed by atoms with E-state index in [9.17, 15) is 19.0 Å². The standard InChI is InChI=1S/C77H122NO8P/c1-3-5-7-9-11-13-15-17-19-21-23-25-27-29-31-33-35-36-37-38-40-42-44-46-48-50-52-54-56-58-60-62-64-66-68-70-77(80)86-75(74-85-87(81,82)84-72-71-78)73-83-76(79)69-67-65-63-61-59-57-55-53-51-49-47-45-43-41-39-34-32-30-28-26-24-22-20-18-16-14-12-10-8-6-4-2/h5-8,11-14,17-20,23-26,29-32,35-36,38-41,44,46,50,52,56,58,75H,3-4,9-10,15-16,21-22,27-28,33-34,37,42-43,45,47-49,51,53-55,57,59-74,78H2,1-2H3,(H,81,82)/b7-5-,8-6-,13-11-,14-12-,19-17-,20-18-,25-23-,26-24-,31-29-,32-30-,36-35-,40-38-,41-39-,46-44-,52-50-,58-56-. The van der Waals surface area contributed by atoms with Crippen LogP contribution >= 0.6 is 7.82 Å². The molecule has 0 spiro atoms. The monoisotopic (exact) mass is 1220 g/mol. The zero-order valence-corrected chi connectivity index (χ0v) is 55.6. The van der Waals surface area contributed by atoms with Crippen molar-refractivity contribution in [3.05, 3.63) is 194 Å². The Labute approximate surface area is 532 Å². The summed E-state index contributed by atoms with van der Waals surface area (Å²) in [6, 6.07) is 0. The van der Waals surface area contributed by atoms with Crippen LogP contribution in [0.5, 0.6) is 0 Å². The summed E-state index contributed by atoms with van der Waals surface area (Å²) in [5, 5.41) is 0. The molecule has 0 radical (unpaired) electrons. The zero-order chi connectivity index (χ0) is 63.0. The van der Waals surface area contributed by atoms with Gasteiger partial charge < -0.3 is 20.1 Å². The molecule has 0 saturated heterocycles. The lowest BCUT2D eigenvalue weighted by Crippen LogP contribution is -2.29. The fourth-order valence-corrected chi connectivity index (χ4v) is 9.31. The van der Waals surface area contributed by atoms with Gasteiger partial charge in [-0.1, -0.05) is 285 Å². The Morgan fingerprint density at radius 2 is 0.598 bits per heavy atom. The first-order valence-corrected chi connectivity index (χ1v) is 35.4. The van der Waals surface area contributed by atoms with Gasteiger partial charge in [0.05, 0.1) is 13.2 Å². The molecule has 0 aliphatic carbocycles. The number of carbonyl (C=O) groups is 2. The van der Waals surface area contributed by atoms with Gasteiger partial charge in [-0.25, -0.2) is 4.57 Å². The van der Waals surface area contributed by atoms with E-state index in [2.05, 4.69) is 208 Å². The average molecular weight is 1220 g/mol. The van der Waals surface area contributed by atoms with E-state index in [1.54, 1.807) is 0 Å². The molecule has 2 unspecified atom stereocenters. The molecule has 87 heavy (non-hydrogen) atoms. The maximum Gasteiger partial charge on any atom is 0.472 e. The molecule has 9 nitrogen and oxygen atoms in total. The van der Waals surface area contributed by atoms with Crippen LogP contribution in [0.2, 0.25) is 0 Å². The number of phosphoric ester groups is 1. The molecular formula is C77H122NO8P. The smallest absolute Gasteiger partial charge is 0.462 e. The Kier molecular flexibility index (Phi) is 65.8. The van der Waals surface area contributed by atoms with E-state index in [4.69, 9.17) is 24.3 Å². The highest BCUT2D eigenvalue weighted by Crippen LogP contribution is 2.43. The van der Waals surface area contributed by atoms with Crippen molar-refractivity contribution in [3.63, 3.8) is 0 Å². The summed E-state index contributed by atoms with van der Waals surface area (Å²) < 4.78 is 33.1. The number of carbonyl (C=O) groups excluding carboxylic acids is 2. The molecule has 2 atom stereocenters. The Bertz CT molecular complexity index is 2130. The van der Waals surface area contributed by atoms with Gasteiger partial charge in [-0.05, 0) is 141 Å². The van der Waals surface area contributed by atoms with Gasteiger partial charge in [0, 0.05) is 19.4 Å². The van der Waals surface area contributed by atoms with E-state index in [1.807, 2.05) is 0 Å². The van der Waals surface area contributed by atoms with Gasteiger partial charge in [0.15, 0.2) is 6.10 Å². The van der Waals surface area contributed by atoms with E-state index in [-0.39, 0.29) is 32.6 Å². The van der Waals surface area contributed by atoms with Crippen molar-refractivity contribution in [2.75, 3.05) is 26.4 Å². The van der Waals surface area contributed by atoms with Crippen LogP contribution < -0.4 is 5.73 Å². The fraction of sp³-hybridized carbons (Fsp3) is 0.558. The molecule has 0 heterocycles. The number of ether oxygens (including phenoxy) is 2. The van der Waals surface area contributed by atoms with Crippen LogP contribution in [0.4, 0.5) is 0 Å². The molecule has 0 saturated carbocycles. The first kappa shape index (κ1) is 81.8. The second kappa shape index (κ2) is 69.9. The highest BCUT2D eigenvalue weighted by molar-refractivity contribution is 7.47. The minimum atomic E-state index is -4.42. The van der Waals surface area contributed by atoms with E-state index < -0.39 is 32.5 Å². The van der Waals surface area contributed by atoms with Crippen LogP contribution in [0.3, 0.4) is 0 Å².